The molecule has 0 amide bonds. The summed E-state index contributed by atoms with van der Waals surface area (Å²) < 4.78 is 5.22. The van der Waals surface area contributed by atoms with Gasteiger partial charge in [-0.15, -0.1) is 0 Å². The summed E-state index contributed by atoms with van der Waals surface area (Å²) in [6, 6.07) is 5.73. The number of rotatable bonds is 6. The van der Waals surface area contributed by atoms with Gasteiger partial charge in [-0.25, -0.2) is 4.79 Å². The van der Waals surface area contributed by atoms with Crippen molar-refractivity contribution >= 4 is 5.97 Å². The number of aromatic amines is 1. The van der Waals surface area contributed by atoms with Crippen molar-refractivity contribution in [2.45, 2.75) is 31.6 Å². The number of ether oxygens (including phenoxy) is 1. The summed E-state index contributed by atoms with van der Waals surface area (Å²) in [5.74, 6) is 0.217. The van der Waals surface area contributed by atoms with Crippen LogP contribution in [-0.2, 0) is 11.2 Å². The van der Waals surface area contributed by atoms with Crippen LogP contribution >= 0.6 is 0 Å². The van der Waals surface area contributed by atoms with E-state index in [9.17, 15) is 4.79 Å². The molecule has 1 aliphatic carbocycles. The van der Waals surface area contributed by atoms with Crippen LogP contribution < -0.4 is 0 Å². The normalized spacial score (nSPS) is 14.2. The fraction of sp³-hybridized carbons (Fsp3) is 0.400. The zero-order chi connectivity index (χ0) is 13.8. The molecule has 0 atom stereocenters. The average molecular weight is 271 g/mol. The minimum absolute atomic E-state index is 0.348. The van der Waals surface area contributed by atoms with Crippen molar-refractivity contribution in [3.05, 3.63) is 47.5 Å². The van der Waals surface area contributed by atoms with Gasteiger partial charge in [-0.1, -0.05) is 6.07 Å². The Morgan fingerprint density at radius 2 is 2.35 bits per heavy atom. The molecule has 5 nitrogen and oxygen atoms in total. The molecule has 0 bridgehead atoms. The van der Waals surface area contributed by atoms with Crippen LogP contribution in [0.5, 0.6) is 0 Å². The molecule has 104 valence electrons. The number of pyridine rings is 1. The van der Waals surface area contributed by atoms with Crippen LogP contribution in [0.15, 0.2) is 30.6 Å². The maximum absolute atomic E-state index is 11.8. The number of nitrogens with zero attached hydrogens (tertiary/aromatic N) is 2. The molecule has 1 N–H and O–H groups in total. The van der Waals surface area contributed by atoms with Crippen molar-refractivity contribution in [3.8, 4) is 0 Å². The zero-order valence-electron chi connectivity index (χ0n) is 11.2. The molecule has 1 aliphatic rings. The minimum Gasteiger partial charge on any atom is -0.461 e. The number of hydrogen-bond donors (Lipinski definition) is 1. The summed E-state index contributed by atoms with van der Waals surface area (Å²) in [5, 5.41) is 6.91. The summed E-state index contributed by atoms with van der Waals surface area (Å²) >= 11 is 0. The lowest BCUT2D eigenvalue weighted by molar-refractivity contribution is 0.0493. The van der Waals surface area contributed by atoms with Gasteiger partial charge in [-0.05, 0) is 43.4 Å². The largest absolute Gasteiger partial charge is 0.461 e. The Kier molecular flexibility index (Phi) is 3.76. The van der Waals surface area contributed by atoms with Gasteiger partial charge in [0.2, 0.25) is 0 Å². The first-order valence-electron chi connectivity index (χ1n) is 6.94. The van der Waals surface area contributed by atoms with Crippen molar-refractivity contribution in [2.24, 2.45) is 0 Å². The predicted octanol–water partition coefficient (Wildman–Crippen LogP) is 2.47. The lowest BCUT2D eigenvalue weighted by atomic mass is 10.2. The lowest BCUT2D eigenvalue weighted by Gasteiger charge is -2.02. The van der Waals surface area contributed by atoms with E-state index in [1.807, 2.05) is 18.3 Å². The maximum Gasteiger partial charge on any atom is 0.358 e. The fourth-order valence-electron chi connectivity index (χ4n) is 2.11. The van der Waals surface area contributed by atoms with Crippen molar-refractivity contribution in [3.63, 3.8) is 0 Å². The number of esters is 1. The molecule has 2 heterocycles. The standard InChI is InChI=1S/C15H17N3O2/c19-15(14-9-13(17-18-14)12-5-6-12)20-8-2-4-11-3-1-7-16-10-11/h1,3,7,9-10,12H,2,4-6,8H2,(H,17,18). The average Bonchev–Trinajstić information content (AvgIpc) is 3.22. The number of carbonyl (C=O) groups excluding carboxylic acids is 1. The third-order valence-electron chi connectivity index (χ3n) is 3.39. The molecule has 1 saturated carbocycles. The second kappa shape index (κ2) is 5.86. The van der Waals surface area contributed by atoms with Crippen molar-refractivity contribution in [1.29, 1.82) is 0 Å². The topological polar surface area (TPSA) is 67.9 Å². The van der Waals surface area contributed by atoms with Crippen LogP contribution in [-0.4, -0.2) is 27.8 Å². The fourth-order valence-corrected chi connectivity index (χ4v) is 2.11. The van der Waals surface area contributed by atoms with E-state index in [1.165, 1.54) is 12.8 Å². The Morgan fingerprint density at radius 1 is 1.45 bits per heavy atom. The minimum atomic E-state index is -0.348. The summed E-state index contributed by atoms with van der Waals surface area (Å²) in [6.45, 7) is 0.402. The van der Waals surface area contributed by atoms with Gasteiger partial charge in [-0.2, -0.15) is 5.10 Å². The summed E-state index contributed by atoms with van der Waals surface area (Å²) in [4.78, 5) is 15.8. The Bertz CT molecular complexity index is 576. The van der Waals surface area contributed by atoms with Crippen LogP contribution in [0.2, 0.25) is 0 Å². The van der Waals surface area contributed by atoms with Crippen LogP contribution in [0.4, 0.5) is 0 Å². The lowest BCUT2D eigenvalue weighted by Crippen LogP contribution is -2.07. The first-order valence-corrected chi connectivity index (χ1v) is 6.94. The third kappa shape index (κ3) is 3.23. The van der Waals surface area contributed by atoms with Crippen molar-refractivity contribution in [2.75, 3.05) is 6.61 Å². The highest BCUT2D eigenvalue weighted by molar-refractivity contribution is 5.87. The molecule has 1 fully saturated rings. The van der Waals surface area contributed by atoms with E-state index in [1.54, 1.807) is 12.3 Å². The van der Waals surface area contributed by atoms with Gasteiger partial charge >= 0.3 is 5.97 Å². The highest BCUT2D eigenvalue weighted by Crippen LogP contribution is 2.38. The first-order chi connectivity index (χ1) is 9.83. The molecule has 20 heavy (non-hydrogen) atoms. The SMILES string of the molecule is O=C(OCCCc1cccnc1)c1cc(C2CC2)[nH]n1. The summed E-state index contributed by atoms with van der Waals surface area (Å²) in [6.07, 6.45) is 7.59. The number of H-pyrrole nitrogens is 1. The smallest absolute Gasteiger partial charge is 0.358 e. The van der Waals surface area contributed by atoms with Gasteiger partial charge in [0.25, 0.3) is 0 Å². The van der Waals surface area contributed by atoms with Gasteiger partial charge in [0.05, 0.1) is 6.61 Å². The molecular weight excluding hydrogens is 254 g/mol. The first kappa shape index (κ1) is 12.8. The second-order valence-electron chi connectivity index (χ2n) is 5.08. The molecule has 2 aromatic rings. The van der Waals surface area contributed by atoms with Gasteiger partial charge < -0.3 is 4.74 Å². The van der Waals surface area contributed by atoms with Crippen molar-refractivity contribution < 1.29 is 9.53 Å². The molecule has 0 spiro atoms. The van der Waals surface area contributed by atoms with Gasteiger partial charge in [0.15, 0.2) is 5.69 Å². The van der Waals surface area contributed by atoms with E-state index in [4.69, 9.17) is 4.74 Å². The van der Waals surface area contributed by atoms with Gasteiger partial charge in [0, 0.05) is 24.0 Å². The molecule has 0 radical (unpaired) electrons. The quantitative estimate of drug-likeness (QED) is 0.647. The monoisotopic (exact) mass is 271 g/mol. The Hall–Kier alpha value is -2.17. The van der Waals surface area contributed by atoms with Crippen LogP contribution in [0, 0.1) is 0 Å². The Morgan fingerprint density at radius 3 is 3.10 bits per heavy atom. The number of carbonyl (C=O) groups is 1. The van der Waals surface area contributed by atoms with Crippen LogP contribution in [0.1, 0.15) is 46.9 Å². The van der Waals surface area contributed by atoms with E-state index < -0.39 is 0 Å². The zero-order valence-corrected chi connectivity index (χ0v) is 11.2. The highest BCUT2D eigenvalue weighted by Gasteiger charge is 2.26. The summed E-state index contributed by atoms with van der Waals surface area (Å²) in [5.41, 5.74) is 2.58. The predicted molar refractivity (Wildman–Crippen MR) is 73.4 cm³/mol. The molecule has 3 rings (SSSR count). The van der Waals surface area contributed by atoms with E-state index >= 15 is 0 Å². The molecule has 5 heteroatoms. The molecule has 2 aromatic heterocycles. The van der Waals surface area contributed by atoms with Gasteiger partial charge in [0.1, 0.15) is 0 Å². The van der Waals surface area contributed by atoms with E-state index in [2.05, 4.69) is 15.2 Å². The van der Waals surface area contributed by atoms with Crippen LogP contribution in [0.25, 0.3) is 0 Å². The highest BCUT2D eigenvalue weighted by atomic mass is 16.5. The Labute approximate surface area is 117 Å². The number of aromatic nitrogens is 3. The van der Waals surface area contributed by atoms with E-state index in [0.717, 1.165) is 24.1 Å². The third-order valence-corrected chi connectivity index (χ3v) is 3.39. The molecule has 0 aromatic carbocycles. The van der Waals surface area contributed by atoms with Crippen molar-refractivity contribution in [1.82, 2.24) is 15.2 Å². The molecule has 0 saturated heterocycles. The van der Waals surface area contributed by atoms with Gasteiger partial charge in [-0.3, -0.25) is 10.1 Å². The van der Waals surface area contributed by atoms with E-state index in [-0.39, 0.29) is 5.97 Å². The maximum atomic E-state index is 11.8. The molecule has 0 aliphatic heterocycles. The Balaban J connectivity index is 1.42. The van der Waals surface area contributed by atoms with Crippen LogP contribution in [0.3, 0.4) is 0 Å². The van der Waals surface area contributed by atoms with E-state index in [0.29, 0.717) is 18.2 Å². The molecular formula is C15H17N3O2. The number of nitrogens with one attached hydrogen (secondary N) is 1. The second-order valence-corrected chi connectivity index (χ2v) is 5.08. The molecule has 0 unspecified atom stereocenters. The number of aryl methyl sites for hydroxylation is 1. The number of hydrogen-bond acceptors (Lipinski definition) is 4. The summed E-state index contributed by atoms with van der Waals surface area (Å²) in [7, 11) is 0.